The predicted octanol–water partition coefficient (Wildman–Crippen LogP) is -0.154. The Hall–Kier alpha value is -2.14. The number of carbonyl (C=O) groups excluding carboxylic acids is 2. The molecule has 0 saturated heterocycles. The van der Waals surface area contributed by atoms with E-state index in [0.29, 0.717) is 10.4 Å². The highest BCUT2D eigenvalue weighted by Gasteiger charge is 1.91. The first kappa shape index (κ1) is 8.46. The van der Waals surface area contributed by atoms with Crippen LogP contribution in [0.2, 0.25) is 0 Å². The topological polar surface area (TPSA) is 34.1 Å². The van der Waals surface area contributed by atoms with Crippen LogP contribution in [0.4, 0.5) is 0 Å². The van der Waals surface area contributed by atoms with Gasteiger partial charge < -0.3 is 0 Å². The molecule has 0 fully saturated rings. The molecule has 0 aliphatic rings. The van der Waals surface area contributed by atoms with Crippen LogP contribution < -0.4 is 10.4 Å². The van der Waals surface area contributed by atoms with Crippen LogP contribution in [0.5, 0.6) is 0 Å². The van der Waals surface area contributed by atoms with Gasteiger partial charge in [-0.1, -0.05) is 12.1 Å². The molecule has 0 aliphatic heterocycles. The Kier molecular flexibility index (Phi) is 2.00. The minimum absolute atomic E-state index is 0.514. The van der Waals surface area contributed by atoms with Crippen molar-refractivity contribution in [2.75, 3.05) is 0 Å². The van der Waals surface area contributed by atoms with Gasteiger partial charge >= 0.3 is 0 Å². The van der Waals surface area contributed by atoms with E-state index in [-0.39, 0.29) is 0 Å². The van der Waals surface area contributed by atoms with Gasteiger partial charge in [0.15, 0.2) is 0 Å². The number of rotatable bonds is 0. The second kappa shape index (κ2) is 3.31. The third kappa shape index (κ3) is 1.36. The van der Waals surface area contributed by atoms with Crippen molar-refractivity contribution in [2.24, 2.45) is 0 Å². The molecule has 14 heavy (non-hydrogen) atoms. The molecule has 2 rings (SSSR count). The molecule has 2 nitrogen and oxygen atoms in total. The van der Waals surface area contributed by atoms with E-state index < -0.39 is 0 Å². The molecule has 0 spiro atoms. The van der Waals surface area contributed by atoms with Crippen molar-refractivity contribution in [3.05, 3.63) is 46.8 Å². The molecule has 0 bridgehead atoms. The molecule has 0 saturated carbocycles. The Bertz CT molecular complexity index is 586. The molecular weight excluding hydrogens is 176 g/mol. The van der Waals surface area contributed by atoms with Gasteiger partial charge in [0.1, 0.15) is 11.9 Å². The Morgan fingerprint density at radius 3 is 1.50 bits per heavy atom. The Morgan fingerprint density at radius 1 is 0.714 bits per heavy atom. The van der Waals surface area contributed by atoms with Crippen molar-refractivity contribution >= 4 is 22.7 Å². The zero-order valence-electron chi connectivity index (χ0n) is 7.28. The van der Waals surface area contributed by atoms with Crippen LogP contribution in [0, 0.1) is 0 Å². The van der Waals surface area contributed by atoms with Gasteiger partial charge in [0.05, 0.1) is 10.4 Å². The van der Waals surface area contributed by atoms with Crippen LogP contribution in [0.25, 0.3) is 10.8 Å². The van der Waals surface area contributed by atoms with Crippen LogP contribution in [0.15, 0.2) is 36.4 Å². The molecule has 0 amide bonds. The second-order valence-electron chi connectivity index (χ2n) is 2.98. The Labute approximate surface area is 79.8 Å². The van der Waals surface area contributed by atoms with E-state index in [0.717, 1.165) is 10.8 Å². The van der Waals surface area contributed by atoms with Crippen LogP contribution in [-0.2, 0) is 9.59 Å². The number of fused-ring (bicyclic) bond motifs is 1. The standard InChI is InChI=1S/C12H6O2/c13-7-9-1-3-11-6-10(8-14)2-4-12(11)5-9/h1-6H. The fraction of sp³-hybridized carbons (Fsp3) is 0. The van der Waals surface area contributed by atoms with Crippen molar-refractivity contribution in [3.63, 3.8) is 0 Å². The van der Waals surface area contributed by atoms with Gasteiger partial charge in [-0.3, -0.25) is 0 Å². The minimum Gasteiger partial charge on any atom is -0.233 e. The molecule has 0 N–H and O–H groups in total. The summed E-state index contributed by atoms with van der Waals surface area (Å²) < 4.78 is 0. The van der Waals surface area contributed by atoms with Gasteiger partial charge in [0.25, 0.3) is 0 Å². The van der Waals surface area contributed by atoms with Gasteiger partial charge in [0.2, 0.25) is 0 Å². The largest absolute Gasteiger partial charge is 0.233 e. The van der Waals surface area contributed by atoms with E-state index in [1.165, 1.54) is 0 Å². The summed E-state index contributed by atoms with van der Waals surface area (Å²) in [4.78, 5) is 20.8. The van der Waals surface area contributed by atoms with E-state index >= 15 is 0 Å². The summed E-state index contributed by atoms with van der Waals surface area (Å²) in [5.41, 5.74) is 0. The summed E-state index contributed by atoms with van der Waals surface area (Å²) in [6, 6.07) is 10.4. The van der Waals surface area contributed by atoms with Crippen LogP contribution in [0.3, 0.4) is 0 Å². The van der Waals surface area contributed by atoms with Crippen LogP contribution >= 0.6 is 0 Å². The molecule has 0 unspecified atom stereocenters. The van der Waals surface area contributed by atoms with Crippen molar-refractivity contribution in [2.45, 2.75) is 0 Å². The van der Waals surface area contributed by atoms with Gasteiger partial charge in [-0.25, -0.2) is 9.59 Å². The highest BCUT2D eigenvalue weighted by Crippen LogP contribution is 2.06. The van der Waals surface area contributed by atoms with Crippen molar-refractivity contribution in [1.82, 2.24) is 0 Å². The van der Waals surface area contributed by atoms with E-state index in [2.05, 4.69) is 0 Å². The monoisotopic (exact) mass is 182 g/mol. The molecule has 0 aliphatic carbocycles. The lowest BCUT2D eigenvalue weighted by atomic mass is 10.1. The molecule has 2 aromatic rings. The minimum atomic E-state index is 0.514. The summed E-state index contributed by atoms with van der Waals surface area (Å²) in [7, 11) is 0. The lowest BCUT2D eigenvalue weighted by Crippen LogP contribution is -2.03. The third-order valence-corrected chi connectivity index (χ3v) is 2.08. The summed E-state index contributed by atoms with van der Waals surface area (Å²) in [5.74, 6) is 3.64. The SMILES string of the molecule is O=C=c1ccc2cc(=C=O)ccc2c1. The predicted molar refractivity (Wildman–Crippen MR) is 52.8 cm³/mol. The van der Waals surface area contributed by atoms with Gasteiger partial charge in [-0.15, -0.1) is 0 Å². The Balaban J connectivity index is 2.96. The van der Waals surface area contributed by atoms with Crippen molar-refractivity contribution in [1.29, 1.82) is 0 Å². The van der Waals surface area contributed by atoms with E-state index in [9.17, 15) is 9.59 Å². The van der Waals surface area contributed by atoms with Gasteiger partial charge in [0, 0.05) is 0 Å². The molecule has 0 atom stereocenters. The number of hydrogen-bond donors (Lipinski definition) is 0. The van der Waals surface area contributed by atoms with Crippen molar-refractivity contribution in [3.8, 4) is 0 Å². The third-order valence-electron chi connectivity index (χ3n) is 2.08. The lowest BCUT2D eigenvalue weighted by Gasteiger charge is -1.93. The normalized spacial score (nSPS) is 9.43. The number of hydrogen-bond acceptors (Lipinski definition) is 2. The first-order valence-electron chi connectivity index (χ1n) is 4.13. The molecule has 66 valence electrons. The molecular formula is C12H6O2. The summed E-state index contributed by atoms with van der Waals surface area (Å²) in [6.07, 6.45) is 0. The maximum atomic E-state index is 10.4. The maximum absolute atomic E-state index is 10.4. The maximum Gasteiger partial charge on any atom is 0.132 e. The molecule has 0 aromatic heterocycles. The summed E-state index contributed by atoms with van der Waals surface area (Å²) in [5, 5.41) is 2.87. The summed E-state index contributed by atoms with van der Waals surface area (Å²) in [6.45, 7) is 0. The zero-order valence-corrected chi connectivity index (χ0v) is 7.28. The fourth-order valence-electron chi connectivity index (χ4n) is 1.37. The Morgan fingerprint density at radius 2 is 1.14 bits per heavy atom. The fourth-order valence-corrected chi connectivity index (χ4v) is 1.37. The highest BCUT2D eigenvalue weighted by molar-refractivity contribution is 5.83. The molecule has 0 heterocycles. The van der Waals surface area contributed by atoms with E-state index in [1.54, 1.807) is 36.4 Å². The molecule has 2 aromatic carbocycles. The van der Waals surface area contributed by atoms with Crippen molar-refractivity contribution < 1.29 is 9.59 Å². The zero-order chi connectivity index (χ0) is 9.97. The van der Waals surface area contributed by atoms with Crippen LogP contribution in [-0.4, -0.2) is 11.9 Å². The summed E-state index contributed by atoms with van der Waals surface area (Å²) >= 11 is 0. The quantitative estimate of drug-likeness (QED) is 0.567. The smallest absolute Gasteiger partial charge is 0.132 e. The van der Waals surface area contributed by atoms with E-state index in [1.807, 2.05) is 11.9 Å². The van der Waals surface area contributed by atoms with Gasteiger partial charge in [-0.2, -0.15) is 0 Å². The lowest BCUT2D eigenvalue weighted by molar-refractivity contribution is 0.567. The van der Waals surface area contributed by atoms with Crippen LogP contribution in [0.1, 0.15) is 0 Å². The second-order valence-corrected chi connectivity index (χ2v) is 2.98. The molecule has 2 heteroatoms. The average Bonchev–Trinajstić information content (AvgIpc) is 2.27. The number of benzene rings is 2. The first-order chi connectivity index (χ1) is 6.83. The highest BCUT2D eigenvalue weighted by atomic mass is 16.1. The van der Waals surface area contributed by atoms with E-state index in [4.69, 9.17) is 0 Å². The first-order valence-corrected chi connectivity index (χ1v) is 4.13. The average molecular weight is 182 g/mol. The molecule has 0 radical (unpaired) electrons. The van der Waals surface area contributed by atoms with Gasteiger partial charge in [-0.05, 0) is 35.0 Å².